The molecular weight excluding hydrogens is 495 g/mol. The summed E-state index contributed by atoms with van der Waals surface area (Å²) < 4.78 is 16.4. The molecule has 0 radical (unpaired) electrons. The molecule has 7 heteroatoms. The third kappa shape index (κ3) is 5.60. The van der Waals surface area contributed by atoms with Gasteiger partial charge in [0.15, 0.2) is 0 Å². The van der Waals surface area contributed by atoms with Crippen LogP contribution in [0.5, 0.6) is 0 Å². The van der Waals surface area contributed by atoms with E-state index in [1.807, 2.05) is 26.8 Å². The van der Waals surface area contributed by atoms with E-state index in [-0.39, 0.29) is 5.41 Å². The van der Waals surface area contributed by atoms with Crippen LogP contribution >= 0.6 is 0 Å². The molecule has 6 nitrogen and oxygen atoms in total. The average Bonchev–Trinajstić information content (AvgIpc) is 2.35. The van der Waals surface area contributed by atoms with E-state index in [0.717, 1.165) is 5.56 Å². The molecule has 0 saturated carbocycles. The molecule has 0 heterocycles. The molecule has 0 bridgehead atoms. The predicted molar refractivity (Wildman–Crippen MR) is 85.8 cm³/mol. The first-order chi connectivity index (χ1) is 10.5. The molecule has 0 N–H and O–H groups in total. The molecular formula is C16H22O6Pb. The van der Waals surface area contributed by atoms with Gasteiger partial charge in [-0.15, -0.1) is 0 Å². The van der Waals surface area contributed by atoms with Gasteiger partial charge in [-0.2, -0.15) is 0 Å². The number of carbonyl (C=O) groups is 3. The van der Waals surface area contributed by atoms with E-state index in [2.05, 4.69) is 0 Å². The molecule has 1 aromatic rings. The van der Waals surface area contributed by atoms with Crippen LogP contribution < -0.4 is 3.12 Å². The van der Waals surface area contributed by atoms with E-state index in [1.54, 1.807) is 18.2 Å². The van der Waals surface area contributed by atoms with E-state index in [1.165, 1.54) is 20.8 Å². The first-order valence-corrected chi connectivity index (χ1v) is 13.9. The van der Waals surface area contributed by atoms with Crippen LogP contribution in [0.4, 0.5) is 0 Å². The first-order valence-electron chi connectivity index (χ1n) is 7.16. The Bertz CT molecular complexity index is 576. The molecule has 0 spiro atoms. The van der Waals surface area contributed by atoms with Crippen molar-refractivity contribution < 1.29 is 22.4 Å². The van der Waals surface area contributed by atoms with Gasteiger partial charge in [0.1, 0.15) is 0 Å². The summed E-state index contributed by atoms with van der Waals surface area (Å²) in [5.74, 6) is -1.97. The summed E-state index contributed by atoms with van der Waals surface area (Å²) in [6, 6.07) is 7.11. The summed E-state index contributed by atoms with van der Waals surface area (Å²) >= 11 is -5.09. The van der Waals surface area contributed by atoms with Crippen molar-refractivity contribution in [3.8, 4) is 0 Å². The molecule has 0 aliphatic carbocycles. The van der Waals surface area contributed by atoms with E-state index in [4.69, 9.17) is 8.06 Å². The number of hydrogen-bond acceptors (Lipinski definition) is 6. The summed E-state index contributed by atoms with van der Waals surface area (Å²) in [6.07, 6.45) is 0. The second-order valence-electron chi connectivity index (χ2n) is 6.17. The zero-order chi connectivity index (χ0) is 17.8. The van der Waals surface area contributed by atoms with Gasteiger partial charge in [-0.05, 0) is 0 Å². The van der Waals surface area contributed by atoms with Gasteiger partial charge in [0.05, 0.1) is 0 Å². The molecule has 23 heavy (non-hydrogen) atoms. The number of benzene rings is 1. The fraction of sp³-hybridized carbons (Fsp3) is 0.438. The van der Waals surface area contributed by atoms with Crippen molar-refractivity contribution in [3.05, 3.63) is 29.8 Å². The molecule has 0 atom stereocenters. The third-order valence-electron chi connectivity index (χ3n) is 2.92. The monoisotopic (exact) mass is 518 g/mol. The molecule has 0 amide bonds. The maximum absolute atomic E-state index is 11.5. The Labute approximate surface area is 142 Å². The van der Waals surface area contributed by atoms with Gasteiger partial charge < -0.3 is 0 Å². The molecule has 0 saturated heterocycles. The minimum absolute atomic E-state index is 0.168. The zero-order valence-electron chi connectivity index (χ0n) is 14.3. The summed E-state index contributed by atoms with van der Waals surface area (Å²) in [5, 5.41) is 0. The second kappa shape index (κ2) is 7.41. The topological polar surface area (TPSA) is 78.9 Å². The number of hydrogen-bond donors (Lipinski definition) is 0. The first kappa shape index (κ1) is 19.6. The van der Waals surface area contributed by atoms with E-state index < -0.39 is 40.4 Å². The standard InChI is InChI=1S/C10H13.3C2H4O2.Pb/c1-10(2,3)9-7-5-4-6-8-9;3*1-2(3)4;/h4-5,7-8H,1-3H3;3*1H3,(H,3,4);/q;;;;+3/p-3. The summed E-state index contributed by atoms with van der Waals surface area (Å²) in [6.45, 7) is 9.64. The van der Waals surface area contributed by atoms with Crippen molar-refractivity contribution >= 4 is 43.6 Å². The van der Waals surface area contributed by atoms with Crippen LogP contribution in [0.2, 0.25) is 0 Å². The van der Waals surface area contributed by atoms with Crippen LogP contribution in [0.3, 0.4) is 0 Å². The van der Waals surface area contributed by atoms with E-state index in [9.17, 15) is 14.4 Å². The van der Waals surface area contributed by atoms with Gasteiger partial charge in [-0.25, -0.2) is 0 Å². The van der Waals surface area contributed by atoms with Gasteiger partial charge in [0, 0.05) is 0 Å². The molecule has 0 aliphatic heterocycles. The Hall–Kier alpha value is -1.45. The Kier molecular flexibility index (Phi) is 6.32. The Morgan fingerprint density at radius 3 is 1.65 bits per heavy atom. The number of carbonyl (C=O) groups excluding carboxylic acids is 3. The maximum atomic E-state index is 11.5. The van der Waals surface area contributed by atoms with Gasteiger partial charge >= 0.3 is 143 Å². The summed E-state index contributed by atoms with van der Waals surface area (Å²) in [5.41, 5.74) is 0.781. The fourth-order valence-electron chi connectivity index (χ4n) is 1.98. The molecule has 1 rings (SSSR count). The molecule has 0 aromatic heterocycles. The fourth-order valence-corrected chi connectivity index (χ4v) is 10.7. The van der Waals surface area contributed by atoms with Crippen LogP contribution in [-0.4, -0.2) is 40.4 Å². The third-order valence-corrected chi connectivity index (χ3v) is 13.4. The van der Waals surface area contributed by atoms with Crippen molar-refractivity contribution in [2.24, 2.45) is 0 Å². The van der Waals surface area contributed by atoms with Gasteiger partial charge in [-0.3, -0.25) is 0 Å². The van der Waals surface area contributed by atoms with E-state index in [0.29, 0.717) is 3.12 Å². The summed E-state index contributed by atoms with van der Waals surface area (Å²) in [7, 11) is 0. The van der Waals surface area contributed by atoms with Gasteiger partial charge in [-0.1, -0.05) is 0 Å². The van der Waals surface area contributed by atoms with Crippen LogP contribution in [0, 0.1) is 0 Å². The molecule has 0 fully saturated rings. The van der Waals surface area contributed by atoms with Crippen LogP contribution in [-0.2, 0) is 27.9 Å². The second-order valence-corrected chi connectivity index (χ2v) is 15.1. The SMILES string of the molecule is CC(=O)[O][Pb]([O]C(C)=O)([O]C(C)=O)[c]1cccc(C(C)(C)C)c1. The van der Waals surface area contributed by atoms with Crippen molar-refractivity contribution in [2.45, 2.75) is 47.0 Å². The molecule has 0 unspecified atom stereocenters. The van der Waals surface area contributed by atoms with Crippen molar-refractivity contribution in [2.75, 3.05) is 0 Å². The minimum atomic E-state index is -5.09. The zero-order valence-corrected chi connectivity index (χ0v) is 18.1. The van der Waals surface area contributed by atoms with Crippen LogP contribution in [0.15, 0.2) is 24.3 Å². The molecule has 0 aliphatic rings. The Balaban J connectivity index is 3.50. The van der Waals surface area contributed by atoms with E-state index >= 15 is 0 Å². The normalized spacial score (nSPS) is 11.6. The average molecular weight is 518 g/mol. The Morgan fingerprint density at radius 1 is 0.870 bits per heavy atom. The van der Waals surface area contributed by atoms with Crippen LogP contribution in [0.1, 0.15) is 47.1 Å². The predicted octanol–water partition coefficient (Wildman–Crippen LogP) is 1.82. The molecule has 126 valence electrons. The van der Waals surface area contributed by atoms with Crippen molar-refractivity contribution in [1.82, 2.24) is 0 Å². The van der Waals surface area contributed by atoms with Crippen molar-refractivity contribution in [1.29, 1.82) is 0 Å². The van der Waals surface area contributed by atoms with Crippen molar-refractivity contribution in [3.63, 3.8) is 0 Å². The summed E-state index contributed by atoms with van der Waals surface area (Å²) in [4.78, 5) is 34.6. The molecule has 1 aromatic carbocycles. The van der Waals surface area contributed by atoms with Crippen LogP contribution in [0.25, 0.3) is 0 Å². The van der Waals surface area contributed by atoms with Gasteiger partial charge in [0.25, 0.3) is 0 Å². The quantitative estimate of drug-likeness (QED) is 0.567. The Morgan fingerprint density at radius 2 is 1.30 bits per heavy atom. The van der Waals surface area contributed by atoms with Gasteiger partial charge in [0.2, 0.25) is 0 Å². The number of rotatable bonds is 4.